The fourth-order valence-corrected chi connectivity index (χ4v) is 3.49. The molecule has 2 atom stereocenters. The molecule has 1 fully saturated rings. The Kier molecular flexibility index (Phi) is 5.41. The van der Waals surface area contributed by atoms with Gasteiger partial charge in [-0.1, -0.05) is 36.8 Å². The third kappa shape index (κ3) is 4.09. The van der Waals surface area contributed by atoms with Crippen molar-refractivity contribution in [1.82, 2.24) is 0 Å². The van der Waals surface area contributed by atoms with E-state index in [0.29, 0.717) is 5.92 Å². The zero-order chi connectivity index (χ0) is 16.9. The number of anilines is 1. The molecule has 1 aliphatic rings. The average molecular weight is 324 g/mol. The quantitative estimate of drug-likeness (QED) is 0.899. The van der Waals surface area contributed by atoms with E-state index in [2.05, 4.69) is 67.3 Å². The van der Waals surface area contributed by atoms with Crippen molar-refractivity contribution >= 4 is 5.69 Å². The summed E-state index contributed by atoms with van der Waals surface area (Å²) in [6.07, 6.45) is 2.08. The molecular weight excluding hydrogens is 296 g/mol. The second kappa shape index (κ2) is 7.71. The van der Waals surface area contributed by atoms with Crippen LogP contribution in [0.4, 0.5) is 5.69 Å². The van der Waals surface area contributed by atoms with Crippen molar-refractivity contribution in [2.75, 3.05) is 24.6 Å². The van der Waals surface area contributed by atoms with Gasteiger partial charge in [-0.3, -0.25) is 0 Å². The van der Waals surface area contributed by atoms with Gasteiger partial charge in [-0.05, 0) is 49.6 Å². The van der Waals surface area contributed by atoms with Gasteiger partial charge < -0.3 is 15.4 Å². The predicted molar refractivity (Wildman–Crippen MR) is 101 cm³/mol. The van der Waals surface area contributed by atoms with E-state index in [0.717, 1.165) is 38.3 Å². The summed E-state index contributed by atoms with van der Waals surface area (Å²) in [6, 6.07) is 17.5. The van der Waals surface area contributed by atoms with Gasteiger partial charge in [-0.2, -0.15) is 0 Å². The van der Waals surface area contributed by atoms with Crippen molar-refractivity contribution in [3.05, 3.63) is 59.7 Å². The minimum absolute atomic E-state index is 0.209. The van der Waals surface area contributed by atoms with Gasteiger partial charge in [-0.25, -0.2) is 0 Å². The summed E-state index contributed by atoms with van der Waals surface area (Å²) >= 11 is 0. The number of benzene rings is 2. The van der Waals surface area contributed by atoms with Crippen LogP contribution < -0.4 is 15.4 Å². The summed E-state index contributed by atoms with van der Waals surface area (Å²) in [7, 11) is 0. The number of hydrogen-bond donors (Lipinski definition) is 1. The minimum atomic E-state index is 0.209. The number of hydrogen-bond acceptors (Lipinski definition) is 3. The van der Waals surface area contributed by atoms with Crippen molar-refractivity contribution in [3.63, 3.8) is 0 Å². The van der Waals surface area contributed by atoms with E-state index in [1.165, 1.54) is 16.8 Å². The first-order valence-corrected chi connectivity index (χ1v) is 8.95. The van der Waals surface area contributed by atoms with Gasteiger partial charge in [0.1, 0.15) is 5.75 Å². The Bertz CT molecular complexity index is 653. The van der Waals surface area contributed by atoms with Crippen LogP contribution in [0.2, 0.25) is 0 Å². The van der Waals surface area contributed by atoms with E-state index in [4.69, 9.17) is 10.5 Å². The molecular formula is C21H28N2O. The molecule has 0 spiro atoms. The molecule has 1 aliphatic heterocycles. The zero-order valence-electron chi connectivity index (χ0n) is 14.7. The van der Waals surface area contributed by atoms with Crippen molar-refractivity contribution in [1.29, 1.82) is 0 Å². The van der Waals surface area contributed by atoms with Gasteiger partial charge in [0, 0.05) is 30.7 Å². The molecule has 0 bridgehead atoms. The highest BCUT2D eigenvalue weighted by atomic mass is 16.5. The lowest BCUT2D eigenvalue weighted by atomic mass is 9.87. The fraction of sp³-hybridized carbons (Fsp3) is 0.429. The molecule has 3 heteroatoms. The Morgan fingerprint density at radius 3 is 2.62 bits per heavy atom. The molecule has 0 radical (unpaired) electrons. The minimum Gasteiger partial charge on any atom is -0.494 e. The molecule has 2 aromatic carbocycles. The lowest BCUT2D eigenvalue weighted by Gasteiger charge is -2.38. The van der Waals surface area contributed by atoms with E-state index >= 15 is 0 Å². The van der Waals surface area contributed by atoms with Crippen LogP contribution in [-0.2, 0) is 0 Å². The normalized spacial score (nSPS) is 20.9. The summed E-state index contributed by atoms with van der Waals surface area (Å²) in [4.78, 5) is 2.41. The highest BCUT2D eigenvalue weighted by molar-refractivity contribution is 5.50. The fourth-order valence-electron chi connectivity index (χ4n) is 3.49. The Balaban J connectivity index is 1.73. The third-order valence-electron chi connectivity index (χ3n) is 4.67. The Hall–Kier alpha value is -2.00. The molecule has 128 valence electrons. The Morgan fingerprint density at radius 2 is 1.92 bits per heavy atom. The molecule has 0 aliphatic carbocycles. The predicted octanol–water partition coefficient (Wildman–Crippen LogP) is 4.11. The number of ether oxygens (including phenoxy) is 1. The molecule has 0 amide bonds. The monoisotopic (exact) mass is 324 g/mol. The number of piperidine rings is 1. The van der Waals surface area contributed by atoms with Gasteiger partial charge in [0.25, 0.3) is 0 Å². The summed E-state index contributed by atoms with van der Waals surface area (Å²) < 4.78 is 5.68. The first-order chi connectivity index (χ1) is 11.7. The third-order valence-corrected chi connectivity index (χ3v) is 4.67. The second-order valence-corrected chi connectivity index (χ2v) is 6.85. The van der Waals surface area contributed by atoms with Gasteiger partial charge in [0.15, 0.2) is 0 Å². The van der Waals surface area contributed by atoms with Gasteiger partial charge in [-0.15, -0.1) is 0 Å². The topological polar surface area (TPSA) is 38.5 Å². The molecule has 0 saturated carbocycles. The van der Waals surface area contributed by atoms with Crippen molar-refractivity contribution in [3.8, 4) is 5.75 Å². The van der Waals surface area contributed by atoms with E-state index in [1.807, 2.05) is 0 Å². The summed E-state index contributed by atoms with van der Waals surface area (Å²) in [5.74, 6) is 1.43. The number of nitrogens with zero attached hydrogens (tertiary/aromatic N) is 1. The van der Waals surface area contributed by atoms with Crippen LogP contribution in [0.1, 0.15) is 36.8 Å². The molecule has 1 heterocycles. The van der Waals surface area contributed by atoms with Crippen LogP contribution in [0, 0.1) is 6.92 Å². The lowest BCUT2D eigenvalue weighted by molar-refractivity contribution is 0.317. The second-order valence-electron chi connectivity index (χ2n) is 6.85. The standard InChI is InChI=1S/C21H28N2O/c1-3-11-24-21-9-7-20(8-10-21)23-14-18(13-19(22)15-23)17-6-4-5-16(2)12-17/h4-10,12,18-19H,3,11,13-15,22H2,1-2H3. The molecule has 2 N–H and O–H groups in total. The van der Waals surface area contributed by atoms with Crippen LogP contribution in [0.15, 0.2) is 48.5 Å². The average Bonchev–Trinajstić information content (AvgIpc) is 2.60. The van der Waals surface area contributed by atoms with Crippen molar-refractivity contribution in [2.45, 2.75) is 38.6 Å². The van der Waals surface area contributed by atoms with Crippen molar-refractivity contribution in [2.24, 2.45) is 5.73 Å². The van der Waals surface area contributed by atoms with E-state index in [1.54, 1.807) is 0 Å². The van der Waals surface area contributed by atoms with Gasteiger partial charge >= 0.3 is 0 Å². The maximum Gasteiger partial charge on any atom is 0.119 e. The lowest BCUT2D eigenvalue weighted by Crippen LogP contribution is -2.46. The molecule has 2 aromatic rings. The van der Waals surface area contributed by atoms with Gasteiger partial charge in [0.05, 0.1) is 6.61 Å². The summed E-state index contributed by atoms with van der Waals surface area (Å²) in [6.45, 7) is 6.97. The van der Waals surface area contributed by atoms with E-state index in [-0.39, 0.29) is 6.04 Å². The molecule has 24 heavy (non-hydrogen) atoms. The molecule has 3 rings (SSSR count). The highest BCUT2D eigenvalue weighted by Gasteiger charge is 2.26. The van der Waals surface area contributed by atoms with Crippen LogP contribution in [0.3, 0.4) is 0 Å². The highest BCUT2D eigenvalue weighted by Crippen LogP contribution is 2.30. The van der Waals surface area contributed by atoms with Crippen LogP contribution in [-0.4, -0.2) is 25.7 Å². The maximum absolute atomic E-state index is 6.36. The molecule has 1 saturated heterocycles. The molecule has 2 unspecified atom stereocenters. The van der Waals surface area contributed by atoms with E-state index < -0.39 is 0 Å². The summed E-state index contributed by atoms with van der Waals surface area (Å²) in [5, 5.41) is 0. The number of rotatable bonds is 5. The largest absolute Gasteiger partial charge is 0.494 e. The Labute approximate surface area is 145 Å². The number of aryl methyl sites for hydroxylation is 1. The van der Waals surface area contributed by atoms with E-state index in [9.17, 15) is 0 Å². The zero-order valence-corrected chi connectivity index (χ0v) is 14.7. The van der Waals surface area contributed by atoms with Crippen LogP contribution in [0.25, 0.3) is 0 Å². The molecule has 0 aromatic heterocycles. The summed E-state index contributed by atoms with van der Waals surface area (Å²) in [5.41, 5.74) is 10.3. The van der Waals surface area contributed by atoms with Gasteiger partial charge in [0.2, 0.25) is 0 Å². The molecule has 3 nitrogen and oxygen atoms in total. The Morgan fingerprint density at radius 1 is 1.12 bits per heavy atom. The first-order valence-electron chi connectivity index (χ1n) is 8.95. The van der Waals surface area contributed by atoms with Crippen molar-refractivity contribution < 1.29 is 4.74 Å². The van der Waals surface area contributed by atoms with Crippen LogP contribution in [0.5, 0.6) is 5.75 Å². The smallest absolute Gasteiger partial charge is 0.119 e. The maximum atomic E-state index is 6.36. The SMILES string of the molecule is CCCOc1ccc(N2CC(N)CC(c3cccc(C)c3)C2)cc1. The number of nitrogens with two attached hydrogens (primary N) is 1. The van der Waals surface area contributed by atoms with Crippen LogP contribution >= 0.6 is 0 Å². The first kappa shape index (κ1) is 16.8.